The molecule has 0 radical (unpaired) electrons. The second-order valence-corrected chi connectivity index (χ2v) is 7.65. The number of rotatable bonds is 7. The third-order valence-electron chi connectivity index (χ3n) is 5.25. The van der Waals surface area contributed by atoms with Crippen LogP contribution in [0, 0.1) is 5.92 Å². The number of carbonyl (C=O) groups excluding carboxylic acids is 2. The van der Waals surface area contributed by atoms with E-state index in [1.807, 2.05) is 11.9 Å². The van der Waals surface area contributed by atoms with E-state index in [0.717, 1.165) is 12.1 Å². The predicted octanol–water partition coefficient (Wildman–Crippen LogP) is 4.63. The summed E-state index contributed by atoms with van der Waals surface area (Å²) in [5.41, 5.74) is -0.125. The van der Waals surface area contributed by atoms with Crippen molar-refractivity contribution in [1.82, 2.24) is 4.90 Å². The van der Waals surface area contributed by atoms with Crippen LogP contribution in [0.1, 0.15) is 35.7 Å². The number of anilines is 2. The van der Waals surface area contributed by atoms with Crippen molar-refractivity contribution in [1.29, 1.82) is 0 Å². The van der Waals surface area contributed by atoms with E-state index in [2.05, 4.69) is 17.6 Å². The van der Waals surface area contributed by atoms with Gasteiger partial charge in [-0.3, -0.25) is 14.5 Å². The molecule has 0 saturated heterocycles. The average Bonchev–Trinajstić information content (AvgIpc) is 3.52. The monoisotopic (exact) mass is 419 g/mol. The maximum Gasteiger partial charge on any atom is 0.416 e. The molecule has 2 aromatic rings. The summed E-state index contributed by atoms with van der Waals surface area (Å²) < 4.78 is 38.5. The van der Waals surface area contributed by atoms with Gasteiger partial charge in [0.1, 0.15) is 0 Å². The summed E-state index contributed by atoms with van der Waals surface area (Å²) in [6, 6.07) is 11.0. The minimum atomic E-state index is -4.49. The number of carbonyl (C=O) groups is 2. The second kappa shape index (κ2) is 8.87. The van der Waals surface area contributed by atoms with E-state index in [1.165, 1.54) is 37.1 Å². The Morgan fingerprint density at radius 3 is 2.33 bits per heavy atom. The first-order valence-electron chi connectivity index (χ1n) is 9.72. The maximum absolute atomic E-state index is 12.8. The standard InChI is InChI=1S/C22H24F3N3O2/c1-14(15-9-10-15)28(2)13-20(29)26-18-7-3-5-16(11-18)21(30)27-19-8-4-6-17(12-19)22(23,24)25/h3-8,11-12,14-15H,9-10,13H2,1-2H3,(H,26,29)(H,27,30)/t14-/m0/s1. The predicted molar refractivity (Wildman–Crippen MR) is 109 cm³/mol. The molecule has 2 aromatic carbocycles. The lowest BCUT2D eigenvalue weighted by molar-refractivity contribution is -0.137. The fourth-order valence-electron chi connectivity index (χ4n) is 3.22. The van der Waals surface area contributed by atoms with Crippen LogP contribution in [0.25, 0.3) is 0 Å². The topological polar surface area (TPSA) is 61.4 Å². The Morgan fingerprint density at radius 1 is 1.07 bits per heavy atom. The highest BCUT2D eigenvalue weighted by molar-refractivity contribution is 6.05. The second-order valence-electron chi connectivity index (χ2n) is 7.65. The molecule has 0 heterocycles. The van der Waals surface area contributed by atoms with Crippen molar-refractivity contribution in [2.75, 3.05) is 24.2 Å². The highest BCUT2D eigenvalue weighted by atomic mass is 19.4. The molecule has 1 aliphatic carbocycles. The molecule has 1 fully saturated rings. The summed E-state index contributed by atoms with van der Waals surface area (Å²) in [7, 11) is 1.90. The van der Waals surface area contributed by atoms with E-state index >= 15 is 0 Å². The number of amides is 2. The lowest BCUT2D eigenvalue weighted by Gasteiger charge is -2.23. The van der Waals surface area contributed by atoms with Gasteiger partial charge in [-0.25, -0.2) is 0 Å². The molecule has 160 valence electrons. The van der Waals surface area contributed by atoms with Crippen molar-refractivity contribution in [2.24, 2.45) is 5.92 Å². The summed E-state index contributed by atoms with van der Waals surface area (Å²) in [4.78, 5) is 26.8. The number of likely N-dealkylation sites (N-methyl/N-ethyl adjacent to an activating group) is 1. The normalized spacial score (nSPS) is 15.0. The first-order valence-corrected chi connectivity index (χ1v) is 9.72. The molecule has 8 heteroatoms. The SMILES string of the molecule is C[C@@H](C1CC1)N(C)CC(=O)Nc1cccc(C(=O)Nc2cccc(C(F)(F)F)c2)c1. The number of nitrogens with one attached hydrogen (secondary N) is 2. The summed E-state index contributed by atoms with van der Waals surface area (Å²) in [5, 5.41) is 5.22. The fourth-order valence-corrected chi connectivity index (χ4v) is 3.22. The maximum atomic E-state index is 12.8. The van der Waals surface area contributed by atoms with Gasteiger partial charge in [0.25, 0.3) is 5.91 Å². The minimum Gasteiger partial charge on any atom is -0.325 e. The van der Waals surface area contributed by atoms with Crippen LogP contribution in [-0.4, -0.2) is 36.3 Å². The number of nitrogens with zero attached hydrogens (tertiary/aromatic N) is 1. The van der Waals surface area contributed by atoms with Gasteiger partial charge < -0.3 is 10.6 Å². The van der Waals surface area contributed by atoms with Crippen LogP contribution < -0.4 is 10.6 Å². The Bertz CT molecular complexity index is 926. The van der Waals surface area contributed by atoms with Gasteiger partial charge in [-0.2, -0.15) is 13.2 Å². The molecule has 0 bridgehead atoms. The summed E-state index contributed by atoms with van der Waals surface area (Å²) >= 11 is 0. The third-order valence-corrected chi connectivity index (χ3v) is 5.25. The van der Waals surface area contributed by atoms with Crippen molar-refractivity contribution in [2.45, 2.75) is 32.0 Å². The molecule has 0 aliphatic heterocycles. The van der Waals surface area contributed by atoms with Gasteiger partial charge in [0, 0.05) is 23.0 Å². The Morgan fingerprint density at radius 2 is 1.70 bits per heavy atom. The molecule has 0 unspecified atom stereocenters. The third kappa shape index (κ3) is 5.82. The highest BCUT2D eigenvalue weighted by Gasteiger charge is 2.31. The molecule has 5 nitrogen and oxygen atoms in total. The molecule has 3 rings (SSSR count). The van der Waals surface area contributed by atoms with Crippen molar-refractivity contribution in [3.05, 3.63) is 59.7 Å². The molecule has 30 heavy (non-hydrogen) atoms. The van der Waals surface area contributed by atoms with Crippen LogP contribution in [0.2, 0.25) is 0 Å². The Labute approximate surface area is 173 Å². The van der Waals surface area contributed by atoms with Crippen LogP contribution in [0.15, 0.2) is 48.5 Å². The zero-order valence-electron chi connectivity index (χ0n) is 16.8. The van der Waals surface area contributed by atoms with Crippen LogP contribution in [0.3, 0.4) is 0 Å². The molecule has 0 spiro atoms. The lowest BCUT2D eigenvalue weighted by Crippen LogP contribution is -2.37. The van der Waals surface area contributed by atoms with E-state index in [0.29, 0.717) is 17.6 Å². The zero-order valence-corrected chi connectivity index (χ0v) is 16.8. The number of benzene rings is 2. The molecular weight excluding hydrogens is 395 g/mol. The van der Waals surface area contributed by atoms with Gasteiger partial charge in [0.05, 0.1) is 12.1 Å². The van der Waals surface area contributed by atoms with E-state index in [9.17, 15) is 22.8 Å². The summed E-state index contributed by atoms with van der Waals surface area (Å²) in [6.07, 6.45) is -2.11. The van der Waals surface area contributed by atoms with E-state index < -0.39 is 17.6 Å². The molecule has 0 aromatic heterocycles. The molecular formula is C22H24F3N3O2. The van der Waals surface area contributed by atoms with Gasteiger partial charge in [-0.1, -0.05) is 12.1 Å². The van der Waals surface area contributed by atoms with Crippen LogP contribution in [0.5, 0.6) is 0 Å². The quantitative estimate of drug-likeness (QED) is 0.688. The Kier molecular flexibility index (Phi) is 6.45. The Balaban J connectivity index is 1.62. The van der Waals surface area contributed by atoms with Gasteiger partial charge in [0.15, 0.2) is 0 Å². The molecule has 1 saturated carbocycles. The molecule has 1 atom stereocenters. The van der Waals surface area contributed by atoms with Gasteiger partial charge in [-0.05, 0) is 69.1 Å². The van der Waals surface area contributed by atoms with Crippen molar-refractivity contribution in [3.63, 3.8) is 0 Å². The number of halogens is 3. The van der Waals surface area contributed by atoms with E-state index in [4.69, 9.17) is 0 Å². The van der Waals surface area contributed by atoms with Crippen LogP contribution in [-0.2, 0) is 11.0 Å². The van der Waals surface area contributed by atoms with Gasteiger partial charge >= 0.3 is 6.18 Å². The van der Waals surface area contributed by atoms with Crippen molar-refractivity contribution >= 4 is 23.2 Å². The number of hydrogen-bond donors (Lipinski definition) is 2. The van der Waals surface area contributed by atoms with Crippen LogP contribution >= 0.6 is 0 Å². The van der Waals surface area contributed by atoms with Crippen molar-refractivity contribution < 1.29 is 22.8 Å². The molecule has 1 aliphatic rings. The first kappa shape index (κ1) is 21.8. The van der Waals surface area contributed by atoms with Crippen molar-refractivity contribution in [3.8, 4) is 0 Å². The van der Waals surface area contributed by atoms with Gasteiger partial charge in [0.2, 0.25) is 5.91 Å². The van der Waals surface area contributed by atoms with Crippen LogP contribution in [0.4, 0.5) is 24.5 Å². The fraction of sp³-hybridized carbons (Fsp3) is 0.364. The summed E-state index contributed by atoms with van der Waals surface area (Å²) in [5.74, 6) is -0.115. The number of hydrogen-bond acceptors (Lipinski definition) is 3. The van der Waals surface area contributed by atoms with E-state index in [1.54, 1.807) is 12.1 Å². The lowest BCUT2D eigenvalue weighted by atomic mass is 10.1. The zero-order chi connectivity index (χ0) is 21.9. The summed E-state index contributed by atoms with van der Waals surface area (Å²) in [6.45, 7) is 2.34. The largest absolute Gasteiger partial charge is 0.416 e. The smallest absolute Gasteiger partial charge is 0.325 e. The first-order chi connectivity index (χ1) is 14.1. The minimum absolute atomic E-state index is 0.0416. The van der Waals surface area contributed by atoms with E-state index in [-0.39, 0.29) is 23.7 Å². The average molecular weight is 419 g/mol. The molecule has 2 N–H and O–H groups in total. The molecule has 2 amide bonds. The Hall–Kier alpha value is -2.87. The highest BCUT2D eigenvalue weighted by Crippen LogP contribution is 2.34. The number of alkyl halides is 3. The van der Waals surface area contributed by atoms with Gasteiger partial charge in [-0.15, -0.1) is 0 Å².